The average Bonchev–Trinajstić information content (AvgIpc) is 2.73. The molecule has 0 aliphatic heterocycles. The lowest BCUT2D eigenvalue weighted by Crippen LogP contribution is -2.39. The lowest BCUT2D eigenvalue weighted by molar-refractivity contribution is 0.0250. The first kappa shape index (κ1) is 14.5. The summed E-state index contributed by atoms with van der Waals surface area (Å²) in [7, 11) is 0. The minimum atomic E-state index is -0.511. The lowest BCUT2D eigenvalue weighted by atomic mass is 9.94. The molecule has 3 heteroatoms. The summed E-state index contributed by atoms with van der Waals surface area (Å²) in [5.74, 6) is 0. The van der Waals surface area contributed by atoms with Gasteiger partial charge in [0.2, 0.25) is 0 Å². The highest BCUT2D eigenvalue weighted by molar-refractivity contribution is 5.84. The largest absolute Gasteiger partial charge is 0.389 e. The molecular weight excluding hydrogens is 260 g/mol. The molecule has 1 aliphatic carbocycles. The van der Waals surface area contributed by atoms with Crippen molar-refractivity contribution in [3.8, 4) is 0 Å². The monoisotopic (exact) mass is 284 g/mol. The zero-order valence-electron chi connectivity index (χ0n) is 12.5. The maximum atomic E-state index is 10.7. The second-order valence-corrected chi connectivity index (χ2v) is 6.26. The number of pyridine rings is 1. The summed E-state index contributed by atoms with van der Waals surface area (Å²) in [5.41, 5.74) is 0.759. The maximum absolute atomic E-state index is 10.7. The van der Waals surface area contributed by atoms with Crippen molar-refractivity contribution in [1.29, 1.82) is 0 Å². The third-order valence-corrected chi connectivity index (χ3v) is 4.57. The zero-order chi connectivity index (χ0) is 14.5. The van der Waals surface area contributed by atoms with Crippen molar-refractivity contribution in [3.63, 3.8) is 0 Å². The van der Waals surface area contributed by atoms with Crippen molar-refractivity contribution in [3.05, 3.63) is 42.2 Å². The van der Waals surface area contributed by atoms with Gasteiger partial charge in [-0.05, 0) is 29.9 Å². The fourth-order valence-electron chi connectivity index (χ4n) is 3.34. The predicted octanol–water partition coefficient (Wildman–Crippen LogP) is 3.41. The SMILES string of the molecule is OC1(CNCc2cccc3cnccc23)CCCCCC1. The van der Waals surface area contributed by atoms with Gasteiger partial charge in [0.1, 0.15) is 0 Å². The second kappa shape index (κ2) is 6.54. The van der Waals surface area contributed by atoms with Crippen LogP contribution in [0.15, 0.2) is 36.7 Å². The first-order chi connectivity index (χ1) is 10.3. The highest BCUT2D eigenvalue weighted by Crippen LogP contribution is 2.26. The summed E-state index contributed by atoms with van der Waals surface area (Å²) in [6, 6.07) is 8.37. The standard InChI is InChI=1S/C18H24N2O/c21-18(9-3-1-2-4-10-18)14-20-13-16-7-5-6-15-12-19-11-8-17(15)16/h5-8,11-12,20-21H,1-4,9-10,13-14H2. The lowest BCUT2D eigenvalue weighted by Gasteiger charge is -2.27. The summed E-state index contributed by atoms with van der Waals surface area (Å²) >= 11 is 0. The maximum Gasteiger partial charge on any atom is 0.0771 e. The van der Waals surface area contributed by atoms with Crippen molar-refractivity contribution in [2.45, 2.75) is 50.7 Å². The Morgan fingerprint density at radius 3 is 2.71 bits per heavy atom. The van der Waals surface area contributed by atoms with Crippen molar-refractivity contribution < 1.29 is 5.11 Å². The molecule has 0 saturated heterocycles. The van der Waals surface area contributed by atoms with Gasteiger partial charge in [0.25, 0.3) is 0 Å². The van der Waals surface area contributed by atoms with Gasteiger partial charge in [-0.1, -0.05) is 43.9 Å². The topological polar surface area (TPSA) is 45.1 Å². The molecule has 0 atom stereocenters. The van der Waals surface area contributed by atoms with Gasteiger partial charge >= 0.3 is 0 Å². The molecule has 21 heavy (non-hydrogen) atoms. The van der Waals surface area contributed by atoms with E-state index in [9.17, 15) is 5.11 Å². The molecular formula is C18H24N2O. The molecule has 1 aromatic heterocycles. The van der Waals surface area contributed by atoms with Crippen LogP contribution in [0.25, 0.3) is 10.8 Å². The Morgan fingerprint density at radius 2 is 1.90 bits per heavy atom. The molecule has 0 unspecified atom stereocenters. The molecule has 1 aliphatic rings. The highest BCUT2D eigenvalue weighted by atomic mass is 16.3. The van der Waals surface area contributed by atoms with Gasteiger partial charge in [-0.2, -0.15) is 0 Å². The summed E-state index contributed by atoms with van der Waals surface area (Å²) in [4.78, 5) is 4.17. The Labute approximate surface area is 126 Å². The highest BCUT2D eigenvalue weighted by Gasteiger charge is 2.27. The Balaban J connectivity index is 1.64. The van der Waals surface area contributed by atoms with E-state index in [0.29, 0.717) is 6.54 Å². The normalized spacial score (nSPS) is 18.5. The van der Waals surface area contributed by atoms with Crippen molar-refractivity contribution >= 4 is 10.8 Å². The van der Waals surface area contributed by atoms with E-state index in [4.69, 9.17) is 0 Å². The van der Waals surface area contributed by atoms with Crippen LogP contribution in [0.3, 0.4) is 0 Å². The molecule has 112 valence electrons. The van der Waals surface area contributed by atoms with Gasteiger partial charge in [0.05, 0.1) is 5.60 Å². The third-order valence-electron chi connectivity index (χ3n) is 4.57. The molecule has 3 nitrogen and oxygen atoms in total. The molecule has 3 rings (SSSR count). The predicted molar refractivity (Wildman–Crippen MR) is 86.1 cm³/mol. The summed E-state index contributed by atoms with van der Waals surface area (Å²) < 4.78 is 0. The first-order valence-corrected chi connectivity index (χ1v) is 8.02. The Morgan fingerprint density at radius 1 is 1.10 bits per heavy atom. The summed E-state index contributed by atoms with van der Waals surface area (Å²) in [6.07, 6.45) is 10.4. The number of hydrogen-bond donors (Lipinski definition) is 2. The van der Waals surface area contributed by atoms with E-state index in [1.165, 1.54) is 29.2 Å². The molecule has 1 saturated carbocycles. The van der Waals surface area contributed by atoms with Crippen LogP contribution in [-0.2, 0) is 6.54 Å². The molecule has 1 heterocycles. The number of hydrogen-bond acceptors (Lipinski definition) is 3. The first-order valence-electron chi connectivity index (χ1n) is 8.02. The van der Waals surface area contributed by atoms with Gasteiger partial charge in [0.15, 0.2) is 0 Å². The fourth-order valence-corrected chi connectivity index (χ4v) is 3.34. The van der Waals surface area contributed by atoms with Gasteiger partial charge in [-0.25, -0.2) is 0 Å². The van der Waals surface area contributed by atoms with Crippen LogP contribution < -0.4 is 5.32 Å². The van der Waals surface area contributed by atoms with Crippen LogP contribution in [-0.4, -0.2) is 22.2 Å². The number of nitrogens with zero attached hydrogens (tertiary/aromatic N) is 1. The molecule has 1 aromatic carbocycles. The van der Waals surface area contributed by atoms with Crippen LogP contribution in [0.1, 0.15) is 44.1 Å². The molecule has 0 spiro atoms. The number of aromatic nitrogens is 1. The van der Waals surface area contributed by atoms with Gasteiger partial charge in [-0.3, -0.25) is 4.98 Å². The quantitative estimate of drug-likeness (QED) is 0.846. The summed E-state index contributed by atoms with van der Waals surface area (Å²) in [5, 5.41) is 16.5. The van der Waals surface area contributed by atoms with Crippen molar-refractivity contribution in [1.82, 2.24) is 10.3 Å². The van der Waals surface area contributed by atoms with Crippen molar-refractivity contribution in [2.75, 3.05) is 6.54 Å². The van der Waals surface area contributed by atoms with E-state index in [-0.39, 0.29) is 0 Å². The van der Waals surface area contributed by atoms with E-state index in [1.807, 2.05) is 12.4 Å². The van der Waals surface area contributed by atoms with E-state index >= 15 is 0 Å². The smallest absolute Gasteiger partial charge is 0.0771 e. The van der Waals surface area contributed by atoms with Crippen molar-refractivity contribution in [2.24, 2.45) is 0 Å². The van der Waals surface area contributed by atoms with Crippen LogP contribution in [0.4, 0.5) is 0 Å². The molecule has 2 N–H and O–H groups in total. The Bertz CT molecular complexity index is 583. The number of benzene rings is 1. The number of fused-ring (bicyclic) bond motifs is 1. The third kappa shape index (κ3) is 3.60. The second-order valence-electron chi connectivity index (χ2n) is 6.26. The van der Waals surface area contributed by atoms with Gasteiger partial charge < -0.3 is 10.4 Å². The van der Waals surface area contributed by atoms with E-state index in [2.05, 4.69) is 34.6 Å². The number of rotatable bonds is 4. The van der Waals surface area contributed by atoms with E-state index < -0.39 is 5.60 Å². The summed E-state index contributed by atoms with van der Waals surface area (Å²) in [6.45, 7) is 1.48. The average molecular weight is 284 g/mol. The molecule has 1 fully saturated rings. The van der Waals surface area contributed by atoms with E-state index in [1.54, 1.807) is 0 Å². The zero-order valence-corrected chi connectivity index (χ0v) is 12.5. The van der Waals surface area contributed by atoms with Crippen LogP contribution in [0.5, 0.6) is 0 Å². The fraction of sp³-hybridized carbons (Fsp3) is 0.500. The Hall–Kier alpha value is -1.45. The minimum absolute atomic E-state index is 0.511. The van der Waals surface area contributed by atoms with E-state index in [0.717, 1.165) is 32.2 Å². The van der Waals surface area contributed by atoms with Crippen LogP contribution in [0.2, 0.25) is 0 Å². The van der Waals surface area contributed by atoms with Gasteiger partial charge in [0, 0.05) is 30.9 Å². The molecule has 0 bridgehead atoms. The molecule has 2 aromatic rings. The van der Waals surface area contributed by atoms with Gasteiger partial charge in [-0.15, -0.1) is 0 Å². The minimum Gasteiger partial charge on any atom is -0.389 e. The van der Waals surface area contributed by atoms with Crippen LogP contribution >= 0.6 is 0 Å². The number of aliphatic hydroxyl groups is 1. The Kier molecular flexibility index (Phi) is 4.51. The molecule has 0 radical (unpaired) electrons. The number of nitrogens with one attached hydrogen (secondary N) is 1. The van der Waals surface area contributed by atoms with Crippen LogP contribution in [0, 0.1) is 0 Å². The molecule has 0 amide bonds.